The monoisotopic (exact) mass is 378 g/mol. The van der Waals surface area contributed by atoms with Crippen molar-refractivity contribution in [1.29, 1.82) is 0 Å². The number of hydrogen-bond acceptors (Lipinski definition) is 5. The predicted molar refractivity (Wildman–Crippen MR) is 108 cm³/mol. The van der Waals surface area contributed by atoms with Gasteiger partial charge in [-0.15, -0.1) is 0 Å². The van der Waals surface area contributed by atoms with Gasteiger partial charge in [-0.1, -0.05) is 6.07 Å². The molecule has 1 saturated heterocycles. The third-order valence-electron chi connectivity index (χ3n) is 5.15. The van der Waals surface area contributed by atoms with Crippen LogP contribution in [0.15, 0.2) is 48.7 Å². The van der Waals surface area contributed by atoms with Crippen molar-refractivity contribution >= 4 is 0 Å². The van der Waals surface area contributed by atoms with Crippen molar-refractivity contribution in [2.75, 3.05) is 26.8 Å². The lowest BCUT2D eigenvalue weighted by atomic mass is 10.1. The van der Waals surface area contributed by atoms with Gasteiger partial charge in [-0.25, -0.2) is 0 Å². The van der Waals surface area contributed by atoms with E-state index >= 15 is 0 Å². The second-order valence-electron chi connectivity index (χ2n) is 7.18. The van der Waals surface area contributed by atoms with Gasteiger partial charge in [-0.05, 0) is 43.3 Å². The summed E-state index contributed by atoms with van der Waals surface area (Å²) in [5.41, 5.74) is 5.35. The van der Waals surface area contributed by atoms with Gasteiger partial charge in [0.1, 0.15) is 11.9 Å². The van der Waals surface area contributed by atoms with Crippen LogP contribution in [0.5, 0.6) is 5.75 Å². The van der Waals surface area contributed by atoms with E-state index in [1.165, 1.54) is 5.56 Å². The number of pyridine rings is 1. The van der Waals surface area contributed by atoms with Gasteiger partial charge in [-0.2, -0.15) is 5.10 Å². The zero-order chi connectivity index (χ0) is 19.5. The number of rotatable bonds is 5. The Hall–Kier alpha value is -2.70. The van der Waals surface area contributed by atoms with Crippen molar-refractivity contribution in [3.05, 3.63) is 65.6 Å². The Labute approximate surface area is 165 Å². The second kappa shape index (κ2) is 8.12. The molecule has 1 fully saturated rings. The molecule has 0 saturated carbocycles. The zero-order valence-corrected chi connectivity index (χ0v) is 16.6. The lowest BCUT2D eigenvalue weighted by Gasteiger charge is -2.32. The molecule has 2 aromatic heterocycles. The van der Waals surface area contributed by atoms with E-state index in [1.54, 1.807) is 7.11 Å². The summed E-state index contributed by atoms with van der Waals surface area (Å²) in [7, 11) is 3.64. The van der Waals surface area contributed by atoms with E-state index in [0.29, 0.717) is 6.61 Å². The average Bonchev–Trinajstić information content (AvgIpc) is 3.05. The minimum absolute atomic E-state index is 0.0241. The van der Waals surface area contributed by atoms with E-state index < -0.39 is 0 Å². The lowest BCUT2D eigenvalue weighted by molar-refractivity contribution is -0.0350. The topological polar surface area (TPSA) is 52.4 Å². The Balaban J connectivity index is 1.49. The molecule has 1 aliphatic heterocycles. The van der Waals surface area contributed by atoms with Gasteiger partial charge in [0.25, 0.3) is 0 Å². The minimum atomic E-state index is -0.0241. The molecule has 3 heterocycles. The van der Waals surface area contributed by atoms with Crippen LogP contribution in [0, 0.1) is 6.92 Å². The van der Waals surface area contributed by atoms with Gasteiger partial charge in [0.2, 0.25) is 0 Å². The molecule has 0 amide bonds. The maximum absolute atomic E-state index is 6.05. The number of benzene rings is 1. The summed E-state index contributed by atoms with van der Waals surface area (Å²) in [5.74, 6) is 0.844. The normalized spacial score (nSPS) is 17.6. The number of morpholine rings is 1. The quantitative estimate of drug-likeness (QED) is 0.681. The largest absolute Gasteiger partial charge is 0.497 e. The van der Waals surface area contributed by atoms with Crippen LogP contribution in [-0.4, -0.2) is 46.5 Å². The van der Waals surface area contributed by atoms with Crippen LogP contribution >= 0.6 is 0 Å². The van der Waals surface area contributed by atoms with Gasteiger partial charge in [0.05, 0.1) is 30.8 Å². The molecule has 28 heavy (non-hydrogen) atoms. The SMILES string of the molecule is COc1ccc(-c2cccc(C3CN(Cc4cn(C)nc4C)CCO3)n2)cc1. The van der Waals surface area contributed by atoms with Crippen LogP contribution in [-0.2, 0) is 18.3 Å². The number of aryl methyl sites for hydroxylation is 2. The van der Waals surface area contributed by atoms with Crippen LogP contribution < -0.4 is 4.74 Å². The molecule has 1 unspecified atom stereocenters. The molecule has 6 heteroatoms. The standard InChI is InChI=1S/C22H26N4O2/c1-16-18(13-25(2)24-16)14-26-11-12-28-22(15-26)21-6-4-5-20(23-21)17-7-9-19(27-3)10-8-17/h4-10,13,22H,11-12,14-15H2,1-3H3. The fraction of sp³-hybridized carbons (Fsp3) is 0.364. The summed E-state index contributed by atoms with van der Waals surface area (Å²) in [6.45, 7) is 5.40. The Morgan fingerprint density at radius 1 is 1.18 bits per heavy atom. The van der Waals surface area contributed by atoms with E-state index in [0.717, 1.165) is 48.0 Å². The first kappa shape index (κ1) is 18.7. The highest BCUT2D eigenvalue weighted by molar-refractivity contribution is 5.60. The van der Waals surface area contributed by atoms with E-state index in [4.69, 9.17) is 14.5 Å². The second-order valence-corrected chi connectivity index (χ2v) is 7.18. The molecule has 0 bridgehead atoms. The summed E-state index contributed by atoms with van der Waals surface area (Å²) < 4.78 is 13.2. The van der Waals surface area contributed by atoms with Gasteiger partial charge in [-0.3, -0.25) is 14.6 Å². The molecule has 1 atom stereocenters. The Bertz CT molecular complexity index is 936. The molecule has 6 nitrogen and oxygen atoms in total. The van der Waals surface area contributed by atoms with Crippen LogP contribution in [0.4, 0.5) is 0 Å². The van der Waals surface area contributed by atoms with Crippen molar-refractivity contribution in [2.45, 2.75) is 19.6 Å². The summed E-state index contributed by atoms with van der Waals surface area (Å²) in [5, 5.41) is 4.45. The first-order valence-corrected chi connectivity index (χ1v) is 9.57. The van der Waals surface area contributed by atoms with Crippen molar-refractivity contribution in [2.24, 2.45) is 7.05 Å². The fourth-order valence-electron chi connectivity index (χ4n) is 3.62. The number of nitrogens with zero attached hydrogens (tertiary/aromatic N) is 4. The van der Waals surface area contributed by atoms with Crippen LogP contribution in [0.2, 0.25) is 0 Å². The number of ether oxygens (including phenoxy) is 2. The van der Waals surface area contributed by atoms with Crippen LogP contribution in [0.1, 0.15) is 23.1 Å². The maximum Gasteiger partial charge on any atom is 0.118 e. The van der Waals surface area contributed by atoms with E-state index in [1.807, 2.05) is 42.1 Å². The van der Waals surface area contributed by atoms with Crippen molar-refractivity contribution in [3.63, 3.8) is 0 Å². The zero-order valence-electron chi connectivity index (χ0n) is 16.6. The van der Waals surface area contributed by atoms with Crippen LogP contribution in [0.25, 0.3) is 11.3 Å². The fourth-order valence-corrected chi connectivity index (χ4v) is 3.62. The van der Waals surface area contributed by atoms with Gasteiger partial charge >= 0.3 is 0 Å². The summed E-state index contributed by atoms with van der Waals surface area (Å²) >= 11 is 0. The smallest absolute Gasteiger partial charge is 0.118 e. The lowest BCUT2D eigenvalue weighted by Crippen LogP contribution is -2.38. The molecule has 3 aromatic rings. The summed E-state index contributed by atoms with van der Waals surface area (Å²) in [6, 6.07) is 14.1. The molecule has 0 N–H and O–H groups in total. The highest BCUT2D eigenvalue weighted by atomic mass is 16.5. The van der Waals surface area contributed by atoms with Gasteiger partial charge in [0, 0.05) is 44.0 Å². The number of hydrogen-bond donors (Lipinski definition) is 0. The maximum atomic E-state index is 6.05. The van der Waals surface area contributed by atoms with E-state index in [-0.39, 0.29) is 6.10 Å². The summed E-state index contributed by atoms with van der Waals surface area (Å²) in [6.07, 6.45) is 2.08. The molecule has 1 aliphatic rings. The van der Waals surface area contributed by atoms with Gasteiger partial charge < -0.3 is 9.47 Å². The predicted octanol–water partition coefficient (Wildman–Crippen LogP) is 3.37. The Morgan fingerprint density at radius 3 is 2.71 bits per heavy atom. The first-order valence-electron chi connectivity index (χ1n) is 9.57. The molecule has 0 radical (unpaired) electrons. The first-order chi connectivity index (χ1) is 13.6. The molecular formula is C22H26N4O2. The number of aromatic nitrogens is 3. The van der Waals surface area contributed by atoms with Crippen LogP contribution in [0.3, 0.4) is 0 Å². The van der Waals surface area contributed by atoms with Gasteiger partial charge in [0.15, 0.2) is 0 Å². The third kappa shape index (κ3) is 4.08. The van der Waals surface area contributed by atoms with Crippen molar-refractivity contribution in [3.8, 4) is 17.0 Å². The third-order valence-corrected chi connectivity index (χ3v) is 5.15. The highest BCUT2D eigenvalue weighted by Crippen LogP contribution is 2.26. The molecule has 0 aliphatic carbocycles. The average molecular weight is 378 g/mol. The van der Waals surface area contributed by atoms with E-state index in [2.05, 4.69) is 35.3 Å². The summed E-state index contributed by atoms with van der Waals surface area (Å²) in [4.78, 5) is 7.29. The molecule has 1 aromatic carbocycles. The number of methoxy groups -OCH3 is 1. The molecule has 146 valence electrons. The Morgan fingerprint density at radius 2 is 2.00 bits per heavy atom. The van der Waals surface area contributed by atoms with Crippen molar-refractivity contribution in [1.82, 2.24) is 19.7 Å². The van der Waals surface area contributed by atoms with Crippen molar-refractivity contribution < 1.29 is 9.47 Å². The Kier molecular flexibility index (Phi) is 5.41. The molecular weight excluding hydrogens is 352 g/mol. The minimum Gasteiger partial charge on any atom is -0.497 e. The molecule has 0 spiro atoms. The van der Waals surface area contributed by atoms with E-state index in [9.17, 15) is 0 Å². The molecule has 4 rings (SSSR count). The highest BCUT2D eigenvalue weighted by Gasteiger charge is 2.24.